The Morgan fingerprint density at radius 1 is 0.870 bits per heavy atom. The molecule has 1 rings (SSSR count). The molecule has 0 fully saturated rings. The molecule has 0 radical (unpaired) electrons. The van der Waals surface area contributed by atoms with Crippen molar-refractivity contribution in [1.29, 1.82) is 0 Å². The molecule has 128 valence electrons. The summed E-state index contributed by atoms with van der Waals surface area (Å²) in [6, 6.07) is 6.17. The van der Waals surface area contributed by atoms with Gasteiger partial charge in [-0.1, -0.05) is 19.8 Å². The fourth-order valence-electron chi connectivity index (χ4n) is 2.36. The van der Waals surface area contributed by atoms with Crippen LogP contribution in [0.15, 0.2) is 18.2 Å². The van der Waals surface area contributed by atoms with Crippen LogP contribution in [0.3, 0.4) is 0 Å². The smallest absolute Gasteiger partial charge is 0.123 e. The lowest BCUT2D eigenvalue weighted by atomic mass is 10.1. The van der Waals surface area contributed by atoms with Crippen molar-refractivity contribution in [1.82, 2.24) is 4.90 Å². The zero-order valence-corrected chi connectivity index (χ0v) is 15.2. The van der Waals surface area contributed by atoms with E-state index in [0.29, 0.717) is 13.2 Å². The van der Waals surface area contributed by atoms with Crippen LogP contribution in [-0.4, -0.2) is 37.7 Å². The summed E-state index contributed by atoms with van der Waals surface area (Å²) < 4.78 is 11.2. The number of nitrogens with zero attached hydrogens (tertiary/aromatic N) is 1. The summed E-state index contributed by atoms with van der Waals surface area (Å²) in [5.41, 5.74) is 1.25. The summed E-state index contributed by atoms with van der Waals surface area (Å²) in [6.07, 6.45) is 3.00. The van der Waals surface area contributed by atoms with Crippen LogP contribution in [0.5, 0.6) is 11.5 Å². The summed E-state index contributed by atoms with van der Waals surface area (Å²) in [5.74, 6) is 8.32. The SMILES string of the molecule is CCOc1cc(CCCC#CCN(CC)CC)cc(OCC)c1. The Bertz CT molecular complexity index is 474. The molecule has 0 heterocycles. The number of aryl methyl sites for hydroxylation is 1. The van der Waals surface area contributed by atoms with E-state index in [4.69, 9.17) is 9.47 Å². The van der Waals surface area contributed by atoms with E-state index >= 15 is 0 Å². The van der Waals surface area contributed by atoms with Gasteiger partial charge < -0.3 is 9.47 Å². The monoisotopic (exact) mass is 317 g/mol. The fraction of sp³-hybridized carbons (Fsp3) is 0.600. The average molecular weight is 317 g/mol. The summed E-state index contributed by atoms with van der Waals surface area (Å²) in [4.78, 5) is 2.33. The lowest BCUT2D eigenvalue weighted by Gasteiger charge is -2.13. The number of rotatable bonds is 10. The van der Waals surface area contributed by atoms with E-state index in [1.165, 1.54) is 5.56 Å². The largest absolute Gasteiger partial charge is 0.494 e. The number of hydrogen-bond donors (Lipinski definition) is 0. The second kappa shape index (κ2) is 11.8. The molecule has 0 aliphatic heterocycles. The van der Waals surface area contributed by atoms with Crippen molar-refractivity contribution in [2.45, 2.75) is 47.0 Å². The Hall–Kier alpha value is -1.66. The van der Waals surface area contributed by atoms with Gasteiger partial charge in [0.05, 0.1) is 19.8 Å². The second-order valence-electron chi connectivity index (χ2n) is 5.35. The van der Waals surface area contributed by atoms with E-state index in [9.17, 15) is 0 Å². The highest BCUT2D eigenvalue weighted by Crippen LogP contribution is 2.24. The summed E-state index contributed by atoms with van der Waals surface area (Å²) in [6.45, 7) is 12.7. The summed E-state index contributed by atoms with van der Waals surface area (Å²) in [5, 5.41) is 0. The molecule has 3 heteroatoms. The van der Waals surface area contributed by atoms with Crippen LogP contribution in [0, 0.1) is 11.8 Å². The zero-order chi connectivity index (χ0) is 16.9. The van der Waals surface area contributed by atoms with Gasteiger partial charge in [-0.2, -0.15) is 0 Å². The fourth-order valence-corrected chi connectivity index (χ4v) is 2.36. The van der Waals surface area contributed by atoms with E-state index < -0.39 is 0 Å². The van der Waals surface area contributed by atoms with Crippen LogP contribution < -0.4 is 9.47 Å². The Labute approximate surface area is 142 Å². The van der Waals surface area contributed by atoms with Crippen molar-refractivity contribution >= 4 is 0 Å². The number of ether oxygens (including phenoxy) is 2. The normalized spacial score (nSPS) is 10.3. The predicted octanol–water partition coefficient (Wildman–Crippen LogP) is 4.15. The van der Waals surface area contributed by atoms with Gasteiger partial charge in [-0.25, -0.2) is 0 Å². The molecule has 0 saturated heterocycles. The maximum Gasteiger partial charge on any atom is 0.123 e. The molecule has 1 aromatic rings. The first-order valence-electron chi connectivity index (χ1n) is 8.81. The van der Waals surface area contributed by atoms with E-state index in [2.05, 4.69) is 42.7 Å². The Morgan fingerprint density at radius 2 is 1.48 bits per heavy atom. The van der Waals surface area contributed by atoms with Crippen LogP contribution in [-0.2, 0) is 6.42 Å². The minimum Gasteiger partial charge on any atom is -0.494 e. The molecule has 0 atom stereocenters. The van der Waals surface area contributed by atoms with Gasteiger partial charge >= 0.3 is 0 Å². The molecule has 0 bridgehead atoms. The van der Waals surface area contributed by atoms with E-state index in [1.54, 1.807) is 0 Å². The molecule has 0 aromatic heterocycles. The molecule has 0 amide bonds. The number of unbranched alkanes of at least 4 members (excludes halogenated alkanes) is 1. The first-order chi connectivity index (χ1) is 11.2. The number of hydrogen-bond acceptors (Lipinski definition) is 3. The van der Waals surface area contributed by atoms with Gasteiger partial charge in [0.2, 0.25) is 0 Å². The highest BCUT2D eigenvalue weighted by molar-refractivity contribution is 5.38. The standard InChI is InChI=1S/C20H31NO2/c1-5-21(6-2)14-12-10-9-11-13-18-15-19(22-7-3)17-20(16-18)23-8-4/h15-17H,5-9,11,13-14H2,1-4H3. The van der Waals surface area contributed by atoms with E-state index in [0.717, 1.165) is 50.4 Å². The third-order valence-corrected chi connectivity index (χ3v) is 3.65. The predicted molar refractivity (Wildman–Crippen MR) is 97.3 cm³/mol. The second-order valence-corrected chi connectivity index (χ2v) is 5.35. The van der Waals surface area contributed by atoms with Crippen molar-refractivity contribution in [3.63, 3.8) is 0 Å². The molecule has 23 heavy (non-hydrogen) atoms. The number of benzene rings is 1. The topological polar surface area (TPSA) is 21.7 Å². The van der Waals surface area contributed by atoms with Crippen molar-refractivity contribution in [2.24, 2.45) is 0 Å². The molecule has 0 aliphatic carbocycles. The van der Waals surface area contributed by atoms with Crippen LogP contribution in [0.25, 0.3) is 0 Å². The Balaban J connectivity index is 2.48. The van der Waals surface area contributed by atoms with Gasteiger partial charge in [0.15, 0.2) is 0 Å². The maximum atomic E-state index is 5.62. The van der Waals surface area contributed by atoms with Gasteiger partial charge in [-0.05, 0) is 57.5 Å². The molecular formula is C20H31NO2. The molecule has 0 N–H and O–H groups in total. The van der Waals surface area contributed by atoms with Crippen LogP contribution in [0.2, 0.25) is 0 Å². The molecule has 3 nitrogen and oxygen atoms in total. The third kappa shape index (κ3) is 7.95. The summed E-state index contributed by atoms with van der Waals surface area (Å²) >= 11 is 0. The average Bonchev–Trinajstić information content (AvgIpc) is 2.55. The molecule has 0 unspecified atom stereocenters. The molecule has 0 aliphatic rings. The summed E-state index contributed by atoms with van der Waals surface area (Å²) in [7, 11) is 0. The van der Waals surface area contributed by atoms with Crippen molar-refractivity contribution < 1.29 is 9.47 Å². The van der Waals surface area contributed by atoms with E-state index in [1.807, 2.05) is 19.9 Å². The van der Waals surface area contributed by atoms with Crippen molar-refractivity contribution in [2.75, 3.05) is 32.8 Å². The minimum atomic E-state index is 0.672. The molecule has 1 aromatic carbocycles. The van der Waals surface area contributed by atoms with Crippen molar-refractivity contribution in [3.05, 3.63) is 23.8 Å². The quantitative estimate of drug-likeness (QED) is 0.478. The highest BCUT2D eigenvalue weighted by atomic mass is 16.5. The van der Waals surface area contributed by atoms with Gasteiger partial charge in [0.1, 0.15) is 11.5 Å². The Kier molecular flexibility index (Phi) is 9.99. The van der Waals surface area contributed by atoms with Crippen LogP contribution in [0.1, 0.15) is 46.1 Å². The Morgan fingerprint density at radius 3 is 2.00 bits per heavy atom. The third-order valence-electron chi connectivity index (χ3n) is 3.65. The van der Waals surface area contributed by atoms with Crippen LogP contribution in [0.4, 0.5) is 0 Å². The van der Waals surface area contributed by atoms with Crippen LogP contribution >= 0.6 is 0 Å². The maximum absolute atomic E-state index is 5.62. The van der Waals surface area contributed by atoms with Gasteiger partial charge in [0.25, 0.3) is 0 Å². The lowest BCUT2D eigenvalue weighted by molar-refractivity contribution is 0.322. The molecular weight excluding hydrogens is 286 g/mol. The molecule has 0 spiro atoms. The lowest BCUT2D eigenvalue weighted by Crippen LogP contribution is -2.22. The van der Waals surface area contributed by atoms with Gasteiger partial charge in [-0.3, -0.25) is 4.90 Å². The van der Waals surface area contributed by atoms with Gasteiger partial charge in [-0.15, -0.1) is 5.92 Å². The molecule has 0 saturated carbocycles. The first-order valence-corrected chi connectivity index (χ1v) is 8.81. The highest BCUT2D eigenvalue weighted by Gasteiger charge is 2.03. The van der Waals surface area contributed by atoms with Gasteiger partial charge in [0, 0.05) is 12.5 Å². The van der Waals surface area contributed by atoms with Crippen molar-refractivity contribution in [3.8, 4) is 23.3 Å². The zero-order valence-electron chi connectivity index (χ0n) is 15.2. The minimum absolute atomic E-state index is 0.672. The van der Waals surface area contributed by atoms with E-state index in [-0.39, 0.29) is 0 Å². The first kappa shape index (κ1) is 19.4.